The molecule has 3 rings (SSSR count). The largest absolute Gasteiger partial charge is 0.363 e. The Morgan fingerprint density at radius 3 is 2.56 bits per heavy atom. The van der Waals surface area contributed by atoms with E-state index in [1.165, 1.54) is 40.8 Å². The molecule has 1 aromatic carbocycles. The minimum atomic E-state index is 0.945. The highest BCUT2D eigenvalue weighted by atomic mass is 15.6. The van der Waals surface area contributed by atoms with Gasteiger partial charge in [-0.1, -0.05) is 56.3 Å². The highest BCUT2D eigenvalue weighted by Crippen LogP contribution is 2.30. The minimum absolute atomic E-state index is 0.945. The molecule has 0 radical (unpaired) electrons. The summed E-state index contributed by atoms with van der Waals surface area (Å²) in [7, 11) is 0. The van der Waals surface area contributed by atoms with E-state index in [1.54, 1.807) is 0 Å². The van der Waals surface area contributed by atoms with Crippen molar-refractivity contribution in [1.29, 1.82) is 0 Å². The van der Waals surface area contributed by atoms with Crippen LogP contribution in [0.2, 0.25) is 0 Å². The van der Waals surface area contributed by atoms with Crippen LogP contribution < -0.4 is 21.7 Å². The number of hydrogen-bond acceptors (Lipinski definition) is 4. The maximum Gasteiger partial charge on any atom is 0.0749 e. The Hall–Kier alpha value is -2.46. The van der Waals surface area contributed by atoms with Gasteiger partial charge in [-0.2, -0.15) is 5.53 Å². The quantitative estimate of drug-likeness (QED) is 0.507. The summed E-state index contributed by atoms with van der Waals surface area (Å²) in [5.74, 6) is 0. The summed E-state index contributed by atoms with van der Waals surface area (Å²) < 4.78 is 0. The summed E-state index contributed by atoms with van der Waals surface area (Å²) in [5.41, 5.74) is 17.6. The van der Waals surface area contributed by atoms with Crippen LogP contribution in [0.5, 0.6) is 0 Å². The molecule has 1 aliphatic heterocycles. The predicted molar refractivity (Wildman–Crippen MR) is 114 cm³/mol. The fourth-order valence-electron chi connectivity index (χ4n) is 3.71. The number of allylic oxidation sites excluding steroid dienone is 4. The Morgan fingerprint density at radius 2 is 1.85 bits per heavy atom. The van der Waals surface area contributed by atoms with Crippen LogP contribution >= 0.6 is 0 Å². The molecule has 0 unspecified atom stereocenters. The normalized spacial score (nSPS) is 16.4. The first-order valence-corrected chi connectivity index (χ1v) is 10.1. The zero-order valence-corrected chi connectivity index (χ0v) is 16.5. The van der Waals surface area contributed by atoms with Gasteiger partial charge in [0.2, 0.25) is 0 Å². The molecule has 0 aromatic heterocycles. The molecule has 0 amide bonds. The fraction of sp³-hybridized carbons (Fsp3) is 0.391. The van der Waals surface area contributed by atoms with E-state index in [1.807, 2.05) is 6.20 Å². The van der Waals surface area contributed by atoms with Crippen LogP contribution in [0, 0.1) is 0 Å². The van der Waals surface area contributed by atoms with Crippen molar-refractivity contribution in [1.82, 2.24) is 21.7 Å². The molecule has 0 fully saturated rings. The van der Waals surface area contributed by atoms with Crippen LogP contribution in [0.1, 0.15) is 63.0 Å². The predicted octanol–water partition coefficient (Wildman–Crippen LogP) is 4.82. The Bertz CT molecular complexity index is 740. The lowest BCUT2D eigenvalue weighted by molar-refractivity contribution is 0.620. The van der Waals surface area contributed by atoms with Crippen LogP contribution in [0.4, 0.5) is 0 Å². The number of hydrogen-bond donors (Lipinski definition) is 4. The molecule has 0 saturated heterocycles. The fourth-order valence-corrected chi connectivity index (χ4v) is 3.71. The van der Waals surface area contributed by atoms with E-state index in [9.17, 15) is 0 Å². The van der Waals surface area contributed by atoms with Crippen molar-refractivity contribution in [2.24, 2.45) is 0 Å². The van der Waals surface area contributed by atoms with Gasteiger partial charge in [-0.15, -0.1) is 0 Å². The first kappa shape index (κ1) is 19.3. The summed E-state index contributed by atoms with van der Waals surface area (Å²) in [6.45, 7) is 10.8. The van der Waals surface area contributed by atoms with E-state index >= 15 is 0 Å². The number of nitrogens with one attached hydrogen (secondary N) is 4. The van der Waals surface area contributed by atoms with Gasteiger partial charge in [-0.3, -0.25) is 0 Å². The second-order valence-corrected chi connectivity index (χ2v) is 7.40. The number of hydrazine groups is 2. The summed E-state index contributed by atoms with van der Waals surface area (Å²) in [5, 5.41) is 3.62. The lowest BCUT2D eigenvalue weighted by Gasteiger charge is -2.24. The SMILES string of the molecule is C=C(CCc1ccc(C2=CNNN2)cc1)NC1=C(C(=C)CCC)CCCC1. The maximum atomic E-state index is 4.31. The van der Waals surface area contributed by atoms with Gasteiger partial charge in [0.1, 0.15) is 0 Å². The van der Waals surface area contributed by atoms with Gasteiger partial charge in [0, 0.05) is 23.2 Å². The monoisotopic (exact) mass is 364 g/mol. The molecule has 1 aliphatic carbocycles. The molecular formula is C23H32N4. The first-order valence-electron chi connectivity index (χ1n) is 10.1. The topological polar surface area (TPSA) is 48.1 Å². The molecule has 0 spiro atoms. The molecule has 1 heterocycles. The van der Waals surface area contributed by atoms with Crippen LogP contribution in [0.25, 0.3) is 5.70 Å². The van der Waals surface area contributed by atoms with Crippen molar-refractivity contribution < 1.29 is 0 Å². The Labute approximate surface area is 163 Å². The first-order chi connectivity index (χ1) is 13.2. The van der Waals surface area contributed by atoms with E-state index in [0.29, 0.717) is 0 Å². The van der Waals surface area contributed by atoms with Crippen molar-refractivity contribution in [2.75, 3.05) is 0 Å². The molecule has 1 aromatic rings. The maximum absolute atomic E-state index is 4.31. The molecule has 4 N–H and O–H groups in total. The van der Waals surface area contributed by atoms with Crippen molar-refractivity contribution >= 4 is 5.70 Å². The van der Waals surface area contributed by atoms with Crippen molar-refractivity contribution in [3.8, 4) is 0 Å². The molecule has 27 heavy (non-hydrogen) atoms. The van der Waals surface area contributed by atoms with E-state index in [0.717, 1.165) is 49.9 Å². The van der Waals surface area contributed by atoms with E-state index in [-0.39, 0.29) is 0 Å². The highest BCUT2D eigenvalue weighted by molar-refractivity contribution is 5.64. The zero-order valence-electron chi connectivity index (χ0n) is 16.5. The highest BCUT2D eigenvalue weighted by Gasteiger charge is 2.15. The average molecular weight is 365 g/mol. The number of benzene rings is 1. The molecule has 0 saturated carbocycles. The van der Waals surface area contributed by atoms with E-state index < -0.39 is 0 Å². The number of aryl methyl sites for hydroxylation is 1. The van der Waals surface area contributed by atoms with Crippen molar-refractivity contribution in [2.45, 2.75) is 58.3 Å². The molecule has 144 valence electrons. The number of rotatable bonds is 9. The van der Waals surface area contributed by atoms with Gasteiger partial charge in [-0.05, 0) is 56.1 Å². The molecule has 0 bridgehead atoms. The smallest absolute Gasteiger partial charge is 0.0749 e. The van der Waals surface area contributed by atoms with Crippen LogP contribution in [0.3, 0.4) is 0 Å². The molecule has 0 atom stereocenters. The zero-order chi connectivity index (χ0) is 19.1. The summed E-state index contributed by atoms with van der Waals surface area (Å²) in [6, 6.07) is 8.68. The Morgan fingerprint density at radius 1 is 1.07 bits per heavy atom. The second-order valence-electron chi connectivity index (χ2n) is 7.40. The third-order valence-electron chi connectivity index (χ3n) is 5.24. The van der Waals surface area contributed by atoms with Gasteiger partial charge in [0.15, 0.2) is 0 Å². The van der Waals surface area contributed by atoms with E-state index in [2.05, 4.69) is 66.1 Å². The minimum Gasteiger partial charge on any atom is -0.363 e. The Kier molecular flexibility index (Phi) is 6.77. The lowest BCUT2D eigenvalue weighted by atomic mass is 9.89. The lowest BCUT2D eigenvalue weighted by Crippen LogP contribution is -2.31. The van der Waals surface area contributed by atoms with Crippen LogP contribution in [0.15, 0.2) is 66.2 Å². The van der Waals surface area contributed by atoms with Gasteiger partial charge < -0.3 is 16.2 Å². The van der Waals surface area contributed by atoms with Gasteiger partial charge in [-0.25, -0.2) is 0 Å². The van der Waals surface area contributed by atoms with Gasteiger partial charge >= 0.3 is 0 Å². The van der Waals surface area contributed by atoms with Crippen LogP contribution in [-0.2, 0) is 6.42 Å². The molecule has 4 nitrogen and oxygen atoms in total. The third-order valence-corrected chi connectivity index (χ3v) is 5.24. The molecular weight excluding hydrogens is 332 g/mol. The summed E-state index contributed by atoms with van der Waals surface area (Å²) >= 11 is 0. The van der Waals surface area contributed by atoms with Gasteiger partial charge in [0.25, 0.3) is 0 Å². The second kappa shape index (κ2) is 9.47. The van der Waals surface area contributed by atoms with Crippen molar-refractivity contribution in [3.63, 3.8) is 0 Å². The Balaban J connectivity index is 1.54. The average Bonchev–Trinajstić information content (AvgIpc) is 3.22. The van der Waals surface area contributed by atoms with E-state index in [4.69, 9.17) is 0 Å². The molecule has 2 aliphatic rings. The third kappa shape index (κ3) is 5.27. The summed E-state index contributed by atoms with van der Waals surface area (Å²) in [4.78, 5) is 0. The van der Waals surface area contributed by atoms with Gasteiger partial charge in [0.05, 0.1) is 5.70 Å². The standard InChI is InChI=1S/C23H32N4/c1-4-7-17(2)21-8-5-6-9-22(21)25-18(3)10-11-19-12-14-20(15-13-19)23-16-24-27-26-23/h12-16,24-27H,2-11H2,1H3. The summed E-state index contributed by atoms with van der Waals surface area (Å²) in [6.07, 6.45) is 10.9. The van der Waals surface area contributed by atoms with Crippen LogP contribution in [-0.4, -0.2) is 0 Å². The molecule has 4 heteroatoms. The van der Waals surface area contributed by atoms with Crippen molar-refractivity contribution in [3.05, 3.63) is 77.3 Å².